The van der Waals surface area contributed by atoms with Gasteiger partial charge in [0, 0.05) is 35.8 Å². The van der Waals surface area contributed by atoms with Crippen molar-refractivity contribution in [2.75, 3.05) is 32.5 Å². The van der Waals surface area contributed by atoms with Crippen molar-refractivity contribution >= 4 is 23.1 Å². The molecule has 1 aromatic heterocycles. The number of nitrogens with zero attached hydrogens (tertiary/aromatic N) is 3. The molecule has 1 saturated carbocycles. The van der Waals surface area contributed by atoms with E-state index in [1.54, 1.807) is 11.3 Å². The molecule has 2 bridgehead atoms. The van der Waals surface area contributed by atoms with Crippen LogP contribution in [0.15, 0.2) is 29.6 Å². The Balaban J connectivity index is 1.44. The van der Waals surface area contributed by atoms with Gasteiger partial charge in [-0.2, -0.15) is 0 Å². The summed E-state index contributed by atoms with van der Waals surface area (Å²) in [5.74, 6) is 1.19. The molecule has 2 amide bonds. The molecule has 1 saturated heterocycles. The maximum absolute atomic E-state index is 12.8. The van der Waals surface area contributed by atoms with Crippen LogP contribution in [0, 0.1) is 18.8 Å². The predicted octanol–water partition coefficient (Wildman–Crippen LogP) is 3.92. The Hall–Kier alpha value is -1.92. The number of thiazole rings is 1. The molecule has 2 heterocycles. The third-order valence-corrected chi connectivity index (χ3v) is 6.47. The van der Waals surface area contributed by atoms with Crippen molar-refractivity contribution in [2.45, 2.75) is 25.8 Å². The van der Waals surface area contributed by atoms with E-state index in [0.29, 0.717) is 17.9 Å². The first-order valence-electron chi connectivity index (χ1n) is 9.26. The molecule has 0 radical (unpaired) electrons. The first kappa shape index (κ1) is 17.5. The quantitative estimate of drug-likeness (QED) is 0.891. The van der Waals surface area contributed by atoms with Gasteiger partial charge in [-0.3, -0.25) is 0 Å². The van der Waals surface area contributed by atoms with E-state index >= 15 is 0 Å². The summed E-state index contributed by atoms with van der Waals surface area (Å²) in [5.41, 5.74) is 2.84. The number of anilines is 1. The van der Waals surface area contributed by atoms with Crippen LogP contribution < -0.4 is 5.32 Å². The van der Waals surface area contributed by atoms with Crippen molar-refractivity contribution in [3.05, 3.63) is 34.7 Å². The molecule has 2 fully saturated rings. The smallest absolute Gasteiger partial charge is 0.321 e. The maximum Gasteiger partial charge on any atom is 0.321 e. The number of piperidine rings is 1. The second kappa shape index (κ2) is 7.00. The normalized spacial score (nSPS) is 24.9. The van der Waals surface area contributed by atoms with E-state index < -0.39 is 0 Å². The third kappa shape index (κ3) is 3.35. The van der Waals surface area contributed by atoms with Gasteiger partial charge in [-0.1, -0.05) is 12.1 Å². The van der Waals surface area contributed by atoms with Gasteiger partial charge in [0.2, 0.25) is 0 Å². The van der Waals surface area contributed by atoms with Gasteiger partial charge in [0.1, 0.15) is 0 Å². The fourth-order valence-electron chi connectivity index (χ4n) is 4.66. The van der Waals surface area contributed by atoms with Crippen molar-refractivity contribution < 1.29 is 4.79 Å². The molecule has 0 spiro atoms. The number of fused-ring (bicyclic) bond motifs is 2. The minimum atomic E-state index is 0.0192. The number of carbonyl (C=O) groups is 1. The van der Waals surface area contributed by atoms with E-state index in [-0.39, 0.29) is 6.03 Å². The summed E-state index contributed by atoms with van der Waals surface area (Å²) in [4.78, 5) is 21.7. The minimum Gasteiger partial charge on any atom is -0.324 e. The summed E-state index contributed by atoms with van der Waals surface area (Å²) in [5, 5.41) is 6.20. The summed E-state index contributed by atoms with van der Waals surface area (Å²) in [7, 11) is 4.33. The molecule has 4 rings (SSSR count). The molecule has 5 nitrogen and oxygen atoms in total. The van der Waals surface area contributed by atoms with E-state index in [2.05, 4.69) is 34.7 Å². The highest BCUT2D eigenvalue weighted by Gasteiger charge is 2.44. The summed E-state index contributed by atoms with van der Waals surface area (Å²) in [6.07, 6.45) is 2.46. The second-order valence-corrected chi connectivity index (χ2v) is 8.78. The topological polar surface area (TPSA) is 48.5 Å². The summed E-state index contributed by atoms with van der Waals surface area (Å²) < 4.78 is 0. The van der Waals surface area contributed by atoms with E-state index in [1.807, 2.05) is 36.1 Å². The number of nitrogens with one attached hydrogen (secondary N) is 1. The summed E-state index contributed by atoms with van der Waals surface area (Å²) in [6, 6.07) is 8.60. The van der Waals surface area contributed by atoms with Crippen molar-refractivity contribution in [1.82, 2.24) is 14.8 Å². The van der Waals surface area contributed by atoms with Crippen LogP contribution in [-0.2, 0) is 0 Å². The Morgan fingerprint density at radius 3 is 2.62 bits per heavy atom. The highest BCUT2D eigenvalue weighted by Crippen LogP contribution is 2.39. The number of carbonyl (C=O) groups excluding carboxylic acids is 1. The number of rotatable bonds is 3. The lowest BCUT2D eigenvalue weighted by Gasteiger charge is -2.41. The van der Waals surface area contributed by atoms with Crippen LogP contribution in [0.3, 0.4) is 0 Å². The molecule has 2 aliphatic rings. The Kier molecular flexibility index (Phi) is 4.71. The SMILES string of the molecule is Cc1nc(-c2cccc(NC(=O)N3CC4CCC(C3)C4N(C)C)c2)cs1. The fourth-order valence-corrected chi connectivity index (χ4v) is 5.28. The first-order valence-corrected chi connectivity index (χ1v) is 10.1. The monoisotopic (exact) mass is 370 g/mol. The van der Waals surface area contributed by atoms with Crippen LogP contribution in [0.1, 0.15) is 17.8 Å². The highest BCUT2D eigenvalue weighted by atomic mass is 32.1. The number of aromatic nitrogens is 1. The molecule has 2 atom stereocenters. The zero-order chi connectivity index (χ0) is 18.3. The number of hydrogen-bond acceptors (Lipinski definition) is 4. The van der Waals surface area contributed by atoms with Crippen molar-refractivity contribution in [1.29, 1.82) is 0 Å². The van der Waals surface area contributed by atoms with Gasteiger partial charge in [0.25, 0.3) is 0 Å². The van der Waals surface area contributed by atoms with Crippen LogP contribution >= 0.6 is 11.3 Å². The van der Waals surface area contributed by atoms with Crippen molar-refractivity contribution in [3.8, 4) is 11.3 Å². The molecular formula is C20H26N4OS. The van der Waals surface area contributed by atoms with Gasteiger partial charge in [0.15, 0.2) is 0 Å². The van der Waals surface area contributed by atoms with Crippen LogP contribution in [0.25, 0.3) is 11.3 Å². The predicted molar refractivity (Wildman–Crippen MR) is 107 cm³/mol. The summed E-state index contributed by atoms with van der Waals surface area (Å²) >= 11 is 1.64. The van der Waals surface area contributed by atoms with Gasteiger partial charge in [-0.25, -0.2) is 9.78 Å². The molecule has 6 heteroatoms. The Labute approximate surface area is 159 Å². The zero-order valence-electron chi connectivity index (χ0n) is 15.6. The molecule has 1 aliphatic heterocycles. The van der Waals surface area contributed by atoms with Gasteiger partial charge in [-0.15, -0.1) is 11.3 Å². The van der Waals surface area contributed by atoms with Crippen LogP contribution in [0.5, 0.6) is 0 Å². The van der Waals surface area contributed by atoms with E-state index in [0.717, 1.165) is 35.0 Å². The molecule has 2 unspecified atom stereocenters. The van der Waals surface area contributed by atoms with Crippen molar-refractivity contribution in [2.24, 2.45) is 11.8 Å². The number of likely N-dealkylation sites (tertiary alicyclic amines) is 1. The van der Waals surface area contributed by atoms with Crippen LogP contribution in [0.2, 0.25) is 0 Å². The lowest BCUT2D eigenvalue weighted by Crippen LogP contribution is -2.53. The van der Waals surface area contributed by atoms with E-state index in [4.69, 9.17) is 0 Å². The minimum absolute atomic E-state index is 0.0192. The van der Waals surface area contributed by atoms with E-state index in [1.165, 1.54) is 12.8 Å². The number of urea groups is 1. The lowest BCUT2D eigenvalue weighted by atomic mass is 9.91. The Morgan fingerprint density at radius 2 is 2.00 bits per heavy atom. The molecule has 1 aromatic carbocycles. The third-order valence-electron chi connectivity index (χ3n) is 5.70. The molecule has 26 heavy (non-hydrogen) atoms. The molecule has 1 aliphatic carbocycles. The molecule has 1 N–H and O–H groups in total. The summed E-state index contributed by atoms with van der Waals surface area (Å²) in [6.45, 7) is 3.72. The average molecular weight is 371 g/mol. The molecule has 2 aromatic rings. The fraction of sp³-hybridized carbons (Fsp3) is 0.500. The Morgan fingerprint density at radius 1 is 1.27 bits per heavy atom. The maximum atomic E-state index is 12.8. The van der Waals surface area contributed by atoms with Gasteiger partial charge < -0.3 is 15.1 Å². The highest BCUT2D eigenvalue weighted by molar-refractivity contribution is 7.09. The number of hydrogen-bond donors (Lipinski definition) is 1. The Bertz CT molecular complexity index is 789. The van der Waals surface area contributed by atoms with Crippen molar-refractivity contribution in [3.63, 3.8) is 0 Å². The molecular weight excluding hydrogens is 344 g/mol. The number of benzene rings is 1. The van der Waals surface area contributed by atoms with Gasteiger partial charge >= 0.3 is 6.03 Å². The van der Waals surface area contributed by atoms with Gasteiger partial charge in [0.05, 0.1) is 10.7 Å². The van der Waals surface area contributed by atoms with E-state index in [9.17, 15) is 4.79 Å². The standard InChI is InChI=1S/C20H26N4OS/c1-13-21-18(12-26-13)14-5-4-6-17(9-14)22-20(25)24-10-15-7-8-16(11-24)19(15)23(2)3/h4-6,9,12,15-16,19H,7-8,10-11H2,1-3H3,(H,22,25). The lowest BCUT2D eigenvalue weighted by molar-refractivity contribution is 0.0953. The first-order chi connectivity index (χ1) is 12.5. The largest absolute Gasteiger partial charge is 0.324 e. The second-order valence-electron chi connectivity index (χ2n) is 7.72. The number of amides is 2. The van der Waals surface area contributed by atoms with Gasteiger partial charge in [-0.05, 0) is 57.8 Å². The van der Waals surface area contributed by atoms with Crippen LogP contribution in [-0.4, -0.2) is 54.0 Å². The average Bonchev–Trinajstić information content (AvgIpc) is 3.16. The number of aryl methyl sites for hydroxylation is 1. The zero-order valence-corrected chi connectivity index (χ0v) is 16.4. The molecule has 138 valence electrons. The van der Waals surface area contributed by atoms with Crippen LogP contribution in [0.4, 0.5) is 10.5 Å².